The lowest BCUT2D eigenvalue weighted by molar-refractivity contribution is 0.00477. The fourth-order valence-corrected chi connectivity index (χ4v) is 2.38. The van der Waals surface area contributed by atoms with Crippen LogP contribution in [0.1, 0.15) is 19.8 Å². The van der Waals surface area contributed by atoms with Gasteiger partial charge in [-0.05, 0) is 25.3 Å². The third-order valence-electron chi connectivity index (χ3n) is 2.75. The average Bonchev–Trinajstić information content (AvgIpc) is 2.13. The van der Waals surface area contributed by atoms with E-state index in [0.29, 0.717) is 18.9 Å². The first-order valence-electron chi connectivity index (χ1n) is 5.49. The summed E-state index contributed by atoms with van der Waals surface area (Å²) < 4.78 is 27.4. The van der Waals surface area contributed by atoms with E-state index in [1.807, 2.05) is 0 Å². The van der Waals surface area contributed by atoms with Crippen LogP contribution in [0.5, 0.6) is 0 Å². The predicted molar refractivity (Wildman–Crippen MR) is 60.7 cm³/mol. The summed E-state index contributed by atoms with van der Waals surface area (Å²) in [7, 11) is -2.84. The second kappa shape index (κ2) is 5.82. The van der Waals surface area contributed by atoms with E-state index in [1.54, 1.807) is 0 Å². The Kier molecular flexibility index (Phi) is 5.02. The quantitative estimate of drug-likeness (QED) is 0.702. The van der Waals surface area contributed by atoms with E-state index < -0.39 is 9.84 Å². The van der Waals surface area contributed by atoms with Gasteiger partial charge in [0.25, 0.3) is 0 Å². The highest BCUT2D eigenvalue weighted by Gasteiger charge is 2.21. The molecule has 1 aliphatic heterocycles. The van der Waals surface area contributed by atoms with Crippen LogP contribution in [0.25, 0.3) is 0 Å². The molecule has 0 aromatic heterocycles. The molecule has 2 atom stereocenters. The van der Waals surface area contributed by atoms with Crippen molar-refractivity contribution in [3.8, 4) is 0 Å². The van der Waals surface area contributed by atoms with Crippen LogP contribution in [0, 0.1) is 5.92 Å². The Bertz CT molecular complexity index is 276. The van der Waals surface area contributed by atoms with Gasteiger partial charge in [0.05, 0.1) is 11.9 Å². The molecule has 1 rings (SSSR count). The Morgan fingerprint density at radius 1 is 1.47 bits per heavy atom. The van der Waals surface area contributed by atoms with Crippen molar-refractivity contribution < 1.29 is 13.2 Å². The number of ether oxygens (including phenoxy) is 1. The Morgan fingerprint density at radius 2 is 2.20 bits per heavy atom. The molecule has 0 bridgehead atoms. The standard InChI is InChI=1S/C10H21NO3S/c1-9-4-5-11-8-10(9)14-6-3-7-15(2,12)13/h9-11H,3-8H2,1-2H3. The topological polar surface area (TPSA) is 55.4 Å². The van der Waals surface area contributed by atoms with E-state index in [0.717, 1.165) is 19.5 Å². The fraction of sp³-hybridized carbons (Fsp3) is 1.00. The minimum atomic E-state index is -2.84. The largest absolute Gasteiger partial charge is 0.377 e. The van der Waals surface area contributed by atoms with Gasteiger partial charge in [0, 0.05) is 19.4 Å². The lowest BCUT2D eigenvalue weighted by atomic mass is 9.97. The number of sulfone groups is 1. The van der Waals surface area contributed by atoms with Gasteiger partial charge < -0.3 is 10.1 Å². The Labute approximate surface area is 92.3 Å². The molecule has 15 heavy (non-hydrogen) atoms. The first-order valence-corrected chi connectivity index (χ1v) is 7.55. The van der Waals surface area contributed by atoms with E-state index >= 15 is 0 Å². The normalized spacial score (nSPS) is 27.9. The highest BCUT2D eigenvalue weighted by Crippen LogP contribution is 2.14. The second-order valence-electron chi connectivity index (χ2n) is 4.36. The van der Waals surface area contributed by atoms with Crippen LogP contribution in [0.15, 0.2) is 0 Å². The van der Waals surface area contributed by atoms with Crippen molar-refractivity contribution in [2.75, 3.05) is 31.7 Å². The number of nitrogens with one attached hydrogen (secondary N) is 1. The molecule has 1 fully saturated rings. The highest BCUT2D eigenvalue weighted by molar-refractivity contribution is 7.90. The Balaban J connectivity index is 2.14. The molecular formula is C10H21NO3S. The molecule has 4 nitrogen and oxygen atoms in total. The lowest BCUT2D eigenvalue weighted by Gasteiger charge is -2.29. The third kappa shape index (κ3) is 5.49. The molecule has 1 saturated heterocycles. The molecule has 0 saturated carbocycles. The van der Waals surface area contributed by atoms with Crippen LogP contribution in [-0.4, -0.2) is 46.2 Å². The summed E-state index contributed by atoms with van der Waals surface area (Å²) in [6.07, 6.45) is 3.25. The fourth-order valence-electron chi connectivity index (χ4n) is 1.74. The molecule has 0 spiro atoms. The summed E-state index contributed by atoms with van der Waals surface area (Å²) in [5, 5.41) is 3.28. The molecule has 0 aliphatic carbocycles. The summed E-state index contributed by atoms with van der Waals surface area (Å²) in [6.45, 7) is 4.68. The van der Waals surface area contributed by atoms with Crippen molar-refractivity contribution in [3.63, 3.8) is 0 Å². The predicted octanol–water partition coefficient (Wildman–Crippen LogP) is 0.436. The molecule has 5 heteroatoms. The summed E-state index contributed by atoms with van der Waals surface area (Å²) >= 11 is 0. The number of piperidine rings is 1. The maximum absolute atomic E-state index is 10.9. The van der Waals surface area contributed by atoms with Crippen molar-refractivity contribution in [2.24, 2.45) is 5.92 Å². The highest BCUT2D eigenvalue weighted by atomic mass is 32.2. The summed E-state index contributed by atoms with van der Waals surface area (Å²) in [6, 6.07) is 0. The molecule has 0 amide bonds. The smallest absolute Gasteiger partial charge is 0.147 e. The minimum Gasteiger partial charge on any atom is -0.377 e. The van der Waals surface area contributed by atoms with Gasteiger partial charge in [-0.25, -0.2) is 8.42 Å². The number of hydrogen-bond acceptors (Lipinski definition) is 4. The van der Waals surface area contributed by atoms with Crippen LogP contribution in [-0.2, 0) is 14.6 Å². The van der Waals surface area contributed by atoms with E-state index in [4.69, 9.17) is 4.74 Å². The molecule has 0 radical (unpaired) electrons. The maximum atomic E-state index is 10.9. The molecule has 90 valence electrons. The van der Waals surface area contributed by atoms with Crippen LogP contribution >= 0.6 is 0 Å². The van der Waals surface area contributed by atoms with E-state index in [9.17, 15) is 8.42 Å². The minimum absolute atomic E-state index is 0.224. The van der Waals surface area contributed by atoms with Gasteiger partial charge in [0.2, 0.25) is 0 Å². The van der Waals surface area contributed by atoms with E-state index in [-0.39, 0.29) is 11.9 Å². The van der Waals surface area contributed by atoms with Crippen molar-refractivity contribution in [1.29, 1.82) is 0 Å². The molecule has 1 aliphatic rings. The average molecular weight is 235 g/mol. The second-order valence-corrected chi connectivity index (χ2v) is 6.62. The first kappa shape index (κ1) is 12.9. The summed E-state index contributed by atoms with van der Waals surface area (Å²) in [4.78, 5) is 0. The molecule has 0 aromatic rings. The van der Waals surface area contributed by atoms with Crippen LogP contribution in [0.3, 0.4) is 0 Å². The molecule has 0 aromatic carbocycles. The van der Waals surface area contributed by atoms with Crippen molar-refractivity contribution in [1.82, 2.24) is 5.32 Å². The van der Waals surface area contributed by atoms with Gasteiger partial charge in [0.1, 0.15) is 9.84 Å². The lowest BCUT2D eigenvalue weighted by Crippen LogP contribution is -2.41. The monoisotopic (exact) mass is 235 g/mol. The van der Waals surface area contributed by atoms with Gasteiger partial charge in [-0.15, -0.1) is 0 Å². The van der Waals surface area contributed by atoms with Crippen molar-refractivity contribution >= 4 is 9.84 Å². The zero-order valence-electron chi connectivity index (χ0n) is 9.53. The Morgan fingerprint density at radius 3 is 2.80 bits per heavy atom. The van der Waals surface area contributed by atoms with Crippen LogP contribution in [0.4, 0.5) is 0 Å². The summed E-state index contributed by atoms with van der Waals surface area (Å²) in [5.41, 5.74) is 0. The maximum Gasteiger partial charge on any atom is 0.147 e. The van der Waals surface area contributed by atoms with E-state index in [2.05, 4.69) is 12.2 Å². The van der Waals surface area contributed by atoms with Gasteiger partial charge >= 0.3 is 0 Å². The first-order chi connectivity index (χ1) is 6.99. The SMILES string of the molecule is CC1CCNCC1OCCCS(C)(=O)=O. The van der Waals surface area contributed by atoms with Crippen molar-refractivity contribution in [3.05, 3.63) is 0 Å². The number of hydrogen-bond donors (Lipinski definition) is 1. The van der Waals surface area contributed by atoms with Gasteiger partial charge in [-0.1, -0.05) is 6.92 Å². The van der Waals surface area contributed by atoms with Crippen LogP contribution < -0.4 is 5.32 Å². The van der Waals surface area contributed by atoms with Crippen molar-refractivity contribution in [2.45, 2.75) is 25.9 Å². The van der Waals surface area contributed by atoms with Gasteiger partial charge in [-0.2, -0.15) is 0 Å². The molecular weight excluding hydrogens is 214 g/mol. The number of rotatable bonds is 5. The molecule has 1 N–H and O–H groups in total. The third-order valence-corrected chi connectivity index (χ3v) is 3.78. The molecule has 2 unspecified atom stereocenters. The van der Waals surface area contributed by atoms with Gasteiger partial charge in [0.15, 0.2) is 0 Å². The van der Waals surface area contributed by atoms with Crippen LogP contribution in [0.2, 0.25) is 0 Å². The van der Waals surface area contributed by atoms with Gasteiger partial charge in [-0.3, -0.25) is 0 Å². The zero-order chi connectivity index (χ0) is 11.3. The van der Waals surface area contributed by atoms with E-state index in [1.165, 1.54) is 6.26 Å². The zero-order valence-corrected chi connectivity index (χ0v) is 10.3. The summed E-state index contributed by atoms with van der Waals surface area (Å²) in [5.74, 6) is 0.797. The Hall–Kier alpha value is -0.130. The molecule has 1 heterocycles.